The van der Waals surface area contributed by atoms with E-state index < -0.39 is 7.32 Å². The largest absolute Gasteiger partial charge is 0.707 e. The average Bonchev–Trinajstić information content (AvgIpc) is 2.15. The van der Waals surface area contributed by atoms with Gasteiger partial charge in [0.05, 0.1) is 11.9 Å². The third kappa shape index (κ3) is 1.49. The number of aromatic amines is 1. The van der Waals surface area contributed by atoms with Crippen molar-refractivity contribution in [3.05, 3.63) is 11.9 Å². The van der Waals surface area contributed by atoms with Gasteiger partial charge in [-0.15, -0.1) is 0 Å². The molecule has 0 amide bonds. The summed E-state index contributed by atoms with van der Waals surface area (Å²) in [7, 11) is -1.78. The zero-order valence-corrected chi connectivity index (χ0v) is 5.40. The summed E-state index contributed by atoms with van der Waals surface area (Å²) < 4.78 is 4.50. The van der Waals surface area contributed by atoms with Crippen LogP contribution in [-0.4, -0.2) is 27.6 Å². The molecule has 3 N–H and O–H groups in total. The van der Waals surface area contributed by atoms with Crippen molar-refractivity contribution >= 4 is 7.32 Å². The SMILES string of the molecule is Cc1n[nH]cc1OB(O)O. The highest BCUT2D eigenvalue weighted by Gasteiger charge is 2.13. The Hall–Kier alpha value is -1.01. The van der Waals surface area contributed by atoms with Gasteiger partial charge in [0, 0.05) is 0 Å². The summed E-state index contributed by atoms with van der Waals surface area (Å²) in [5, 5.41) is 22.9. The molecule has 0 saturated heterocycles. The number of aryl methyl sites for hydroxylation is 1. The molecule has 0 atom stereocenters. The zero-order chi connectivity index (χ0) is 7.56. The van der Waals surface area contributed by atoms with E-state index in [1.807, 2.05) is 0 Å². The predicted octanol–water partition coefficient (Wildman–Crippen LogP) is -0.934. The molecule has 0 radical (unpaired) electrons. The fourth-order valence-electron chi connectivity index (χ4n) is 0.580. The van der Waals surface area contributed by atoms with Crippen LogP contribution in [0, 0.1) is 6.92 Å². The molecule has 1 aromatic rings. The van der Waals surface area contributed by atoms with Crippen molar-refractivity contribution in [3.8, 4) is 5.75 Å². The first-order chi connectivity index (χ1) is 4.70. The maximum Gasteiger partial charge on any atom is 0.707 e. The lowest BCUT2D eigenvalue weighted by Gasteiger charge is -1.99. The first-order valence-electron chi connectivity index (χ1n) is 2.73. The maximum atomic E-state index is 8.34. The van der Waals surface area contributed by atoms with Crippen molar-refractivity contribution in [3.63, 3.8) is 0 Å². The summed E-state index contributed by atoms with van der Waals surface area (Å²) in [6.45, 7) is 1.69. The van der Waals surface area contributed by atoms with Gasteiger partial charge in [-0.25, -0.2) is 0 Å². The molecule has 0 spiro atoms. The lowest BCUT2D eigenvalue weighted by molar-refractivity contribution is 0.287. The molecule has 0 aliphatic rings. The quantitative estimate of drug-likeness (QED) is 0.466. The molecule has 0 aromatic carbocycles. The van der Waals surface area contributed by atoms with Crippen LogP contribution in [0.3, 0.4) is 0 Å². The van der Waals surface area contributed by atoms with Crippen LogP contribution in [0.1, 0.15) is 5.69 Å². The van der Waals surface area contributed by atoms with Gasteiger partial charge in [-0.2, -0.15) is 5.10 Å². The summed E-state index contributed by atoms with van der Waals surface area (Å²) in [6.07, 6.45) is 1.44. The third-order valence-corrected chi connectivity index (χ3v) is 1.02. The van der Waals surface area contributed by atoms with Crippen molar-refractivity contribution in [2.75, 3.05) is 0 Å². The molecule has 5 nitrogen and oxygen atoms in total. The molecule has 0 aliphatic carbocycles. The monoisotopic (exact) mass is 142 g/mol. The molecule has 0 aliphatic heterocycles. The summed E-state index contributed by atoms with van der Waals surface area (Å²) in [5.41, 5.74) is 0.591. The standard InChI is InChI=1S/C4H7BN2O3/c1-3-4(2-6-7-3)10-5(8)9/h2,8-9H,1H3,(H,6,7). The number of hydrogen-bond donors (Lipinski definition) is 3. The van der Waals surface area contributed by atoms with Gasteiger partial charge in [0.25, 0.3) is 0 Å². The molecule has 6 heteroatoms. The van der Waals surface area contributed by atoms with Gasteiger partial charge in [0.1, 0.15) is 5.75 Å². The minimum absolute atomic E-state index is 0.343. The second kappa shape index (κ2) is 2.72. The molecule has 1 heterocycles. The molecular formula is C4H7BN2O3. The first-order valence-corrected chi connectivity index (χ1v) is 2.73. The van der Waals surface area contributed by atoms with Crippen LogP contribution in [0.15, 0.2) is 6.20 Å². The van der Waals surface area contributed by atoms with Crippen LogP contribution in [0.25, 0.3) is 0 Å². The Morgan fingerprint density at radius 3 is 2.80 bits per heavy atom. The van der Waals surface area contributed by atoms with E-state index in [0.717, 1.165) is 0 Å². The Morgan fingerprint density at radius 2 is 2.40 bits per heavy atom. The number of hydrogen-bond acceptors (Lipinski definition) is 4. The second-order valence-electron chi connectivity index (χ2n) is 1.78. The van der Waals surface area contributed by atoms with Crippen LogP contribution in [-0.2, 0) is 0 Å². The number of nitrogens with one attached hydrogen (secondary N) is 1. The minimum Gasteiger partial charge on any atom is -0.509 e. The van der Waals surface area contributed by atoms with Crippen molar-refractivity contribution < 1.29 is 14.7 Å². The van der Waals surface area contributed by atoms with E-state index in [-0.39, 0.29) is 0 Å². The number of H-pyrrole nitrogens is 1. The van der Waals surface area contributed by atoms with E-state index in [2.05, 4.69) is 14.9 Å². The zero-order valence-electron chi connectivity index (χ0n) is 5.40. The van der Waals surface area contributed by atoms with Crippen LogP contribution in [0.2, 0.25) is 0 Å². The van der Waals surface area contributed by atoms with E-state index in [9.17, 15) is 0 Å². The molecule has 0 bridgehead atoms. The molecule has 0 fully saturated rings. The second-order valence-corrected chi connectivity index (χ2v) is 1.78. The lowest BCUT2D eigenvalue weighted by Crippen LogP contribution is -2.20. The highest BCUT2D eigenvalue weighted by atomic mass is 16.6. The Morgan fingerprint density at radius 1 is 1.70 bits per heavy atom. The van der Waals surface area contributed by atoms with E-state index >= 15 is 0 Å². The summed E-state index contributed by atoms with van der Waals surface area (Å²) in [6, 6.07) is 0. The Balaban J connectivity index is 2.65. The molecule has 0 saturated carbocycles. The lowest BCUT2D eigenvalue weighted by atomic mass is 10.2. The Kier molecular flexibility index (Phi) is 1.93. The molecule has 0 unspecified atom stereocenters. The summed E-state index contributed by atoms with van der Waals surface area (Å²) in [4.78, 5) is 0. The first kappa shape index (κ1) is 7.11. The van der Waals surface area contributed by atoms with Crippen LogP contribution < -0.4 is 4.65 Å². The van der Waals surface area contributed by atoms with Gasteiger partial charge in [0.2, 0.25) is 0 Å². The Labute approximate surface area is 57.8 Å². The maximum absolute atomic E-state index is 8.34. The normalized spacial score (nSPS) is 9.50. The van der Waals surface area contributed by atoms with Gasteiger partial charge in [-0.05, 0) is 6.92 Å². The van der Waals surface area contributed by atoms with Crippen molar-refractivity contribution in [2.24, 2.45) is 0 Å². The smallest absolute Gasteiger partial charge is 0.509 e. The topological polar surface area (TPSA) is 78.4 Å². The van der Waals surface area contributed by atoms with Gasteiger partial charge < -0.3 is 14.7 Å². The van der Waals surface area contributed by atoms with E-state index in [1.165, 1.54) is 6.20 Å². The Bertz CT molecular complexity index is 212. The van der Waals surface area contributed by atoms with Crippen LogP contribution in [0.5, 0.6) is 5.75 Å². The van der Waals surface area contributed by atoms with Gasteiger partial charge in [-0.3, -0.25) is 5.10 Å². The molecule has 10 heavy (non-hydrogen) atoms. The van der Waals surface area contributed by atoms with Crippen molar-refractivity contribution in [1.82, 2.24) is 10.2 Å². The number of nitrogens with zero attached hydrogens (tertiary/aromatic N) is 1. The number of aromatic nitrogens is 2. The van der Waals surface area contributed by atoms with E-state index in [1.54, 1.807) is 6.92 Å². The molecule has 1 aromatic heterocycles. The van der Waals surface area contributed by atoms with Gasteiger partial charge in [0.15, 0.2) is 0 Å². The molecule has 1 rings (SSSR count). The molecule has 54 valence electrons. The highest BCUT2D eigenvalue weighted by Crippen LogP contribution is 2.12. The van der Waals surface area contributed by atoms with Crippen LogP contribution >= 0.6 is 0 Å². The summed E-state index contributed by atoms with van der Waals surface area (Å²) in [5.74, 6) is 0.343. The summed E-state index contributed by atoms with van der Waals surface area (Å²) >= 11 is 0. The van der Waals surface area contributed by atoms with E-state index in [0.29, 0.717) is 11.4 Å². The fraction of sp³-hybridized carbons (Fsp3) is 0.250. The van der Waals surface area contributed by atoms with Crippen molar-refractivity contribution in [2.45, 2.75) is 6.92 Å². The van der Waals surface area contributed by atoms with Crippen LogP contribution in [0.4, 0.5) is 0 Å². The van der Waals surface area contributed by atoms with Gasteiger partial charge >= 0.3 is 7.32 Å². The third-order valence-electron chi connectivity index (χ3n) is 1.02. The highest BCUT2D eigenvalue weighted by molar-refractivity contribution is 6.33. The minimum atomic E-state index is -1.78. The van der Waals surface area contributed by atoms with Gasteiger partial charge in [-0.1, -0.05) is 0 Å². The van der Waals surface area contributed by atoms with E-state index in [4.69, 9.17) is 10.0 Å². The average molecular weight is 142 g/mol. The van der Waals surface area contributed by atoms with Crippen molar-refractivity contribution in [1.29, 1.82) is 0 Å². The molecular weight excluding hydrogens is 135 g/mol. The number of rotatable bonds is 2. The predicted molar refractivity (Wildman–Crippen MR) is 34.1 cm³/mol. The fourth-order valence-corrected chi connectivity index (χ4v) is 0.580.